The van der Waals surface area contributed by atoms with Crippen LogP contribution >= 0.6 is 34.7 Å². The zero-order chi connectivity index (χ0) is 42.2. The van der Waals surface area contributed by atoms with Crippen molar-refractivity contribution >= 4 is 63.3 Å². The maximum Gasteiger partial charge on any atom is 0.356 e. The summed E-state index contributed by atoms with van der Waals surface area (Å²) in [5.74, 6) is -1.22. The Balaban J connectivity index is 1.05. The summed E-state index contributed by atoms with van der Waals surface area (Å²) >= 11 is 8.74. The number of esters is 1. The molecule has 1 saturated heterocycles. The van der Waals surface area contributed by atoms with E-state index in [2.05, 4.69) is 52.2 Å². The van der Waals surface area contributed by atoms with E-state index >= 15 is 0 Å². The number of amides is 2. The third kappa shape index (κ3) is 8.47. The number of alkyl halides is 1. The number of benzene rings is 5. The molecular weight excluding hydrogens is 826 g/mol. The van der Waals surface area contributed by atoms with E-state index in [-0.39, 0.29) is 23.0 Å². The Morgan fingerprint density at radius 1 is 0.852 bits per heavy atom. The van der Waals surface area contributed by atoms with Crippen LogP contribution in [0.5, 0.6) is 0 Å². The molecule has 306 valence electrons. The molecule has 6 aromatic rings. The number of aromatic nitrogens is 1. The van der Waals surface area contributed by atoms with E-state index in [4.69, 9.17) is 26.2 Å². The molecule has 0 spiro atoms. The van der Waals surface area contributed by atoms with E-state index in [0.29, 0.717) is 16.5 Å². The first kappa shape index (κ1) is 41.3. The SMILES string of the molecule is CO/N=C(\C(=O)NC1C(=O)N2C(C(=O)OC(c3ccccc3)c3ccccc3)=C(C=CCCl)CS[C@H]12)c1csc(NC(c2ccccc2)(c2ccccc2)c2ccccc2)n1. The van der Waals surface area contributed by atoms with Crippen LogP contribution in [0.3, 0.4) is 0 Å². The molecule has 0 aliphatic carbocycles. The molecule has 1 aromatic heterocycles. The molecule has 13 heteroatoms. The molecule has 0 radical (unpaired) electrons. The molecule has 2 N–H and O–H groups in total. The zero-order valence-electron chi connectivity index (χ0n) is 32.9. The average Bonchev–Trinajstić information content (AvgIpc) is 3.79. The van der Waals surface area contributed by atoms with Crippen LogP contribution in [0.15, 0.2) is 186 Å². The highest BCUT2D eigenvalue weighted by Crippen LogP contribution is 2.43. The Kier molecular flexibility index (Phi) is 12.8. The first-order valence-corrected chi connectivity index (χ1v) is 21.9. The Hall–Kier alpha value is -6.47. The lowest BCUT2D eigenvalue weighted by molar-refractivity contribution is -0.154. The molecule has 1 unspecified atom stereocenters. The standard InChI is InChI=1S/C48H40ClN5O5S2/c1-58-53-39(38-31-61-47(50-38)52-48(35-23-11-4-12-24-35,36-25-13-5-14-26-36)37-27-15-6-16-28-37)43(55)51-40-44(56)54-41(34(22-17-29-49)30-60-45(40)54)46(57)59-42(32-18-7-2-8-19-32)33-20-9-3-10-21-33/h2-28,31,40,42,45H,29-30H2,1H3,(H,50,52)(H,51,55)/b22-17?,53-39-/t40?,45-/m1/s1. The Morgan fingerprint density at radius 2 is 1.38 bits per heavy atom. The molecule has 5 aromatic carbocycles. The molecule has 3 heterocycles. The summed E-state index contributed by atoms with van der Waals surface area (Å²) in [7, 11) is 1.34. The topological polar surface area (TPSA) is 122 Å². The summed E-state index contributed by atoms with van der Waals surface area (Å²) < 4.78 is 6.24. The Morgan fingerprint density at radius 3 is 1.89 bits per heavy atom. The van der Waals surface area contributed by atoms with Crippen molar-refractivity contribution in [2.24, 2.45) is 5.16 Å². The molecular formula is C48H40ClN5O5S2. The number of thiazole rings is 1. The van der Waals surface area contributed by atoms with Crippen molar-refractivity contribution in [1.29, 1.82) is 0 Å². The number of hydrogen-bond acceptors (Lipinski definition) is 10. The van der Waals surface area contributed by atoms with Crippen molar-refractivity contribution in [1.82, 2.24) is 15.2 Å². The molecule has 0 saturated carbocycles. The quantitative estimate of drug-likeness (QED) is 0.0263. The number of carbonyl (C=O) groups is 3. The average molecular weight is 866 g/mol. The van der Waals surface area contributed by atoms with Gasteiger partial charge in [-0.05, 0) is 33.4 Å². The predicted molar refractivity (Wildman–Crippen MR) is 241 cm³/mol. The van der Waals surface area contributed by atoms with E-state index in [1.807, 2.05) is 115 Å². The summed E-state index contributed by atoms with van der Waals surface area (Å²) in [6.45, 7) is 0. The van der Waals surface area contributed by atoms with Crippen LogP contribution in [0, 0.1) is 0 Å². The fraction of sp³-hybridized carbons (Fsp3) is 0.146. The second-order valence-electron chi connectivity index (χ2n) is 14.0. The normalized spacial score (nSPS) is 16.5. The minimum atomic E-state index is -0.974. The van der Waals surface area contributed by atoms with Gasteiger partial charge in [0.2, 0.25) is 0 Å². The van der Waals surface area contributed by atoms with Crippen LogP contribution in [0.2, 0.25) is 0 Å². The van der Waals surface area contributed by atoms with Crippen LogP contribution in [0.25, 0.3) is 0 Å². The van der Waals surface area contributed by atoms with Crippen molar-refractivity contribution in [2.45, 2.75) is 23.1 Å². The van der Waals surface area contributed by atoms with Crippen LogP contribution in [-0.4, -0.2) is 63.5 Å². The van der Waals surface area contributed by atoms with Crippen LogP contribution in [-0.2, 0) is 29.5 Å². The summed E-state index contributed by atoms with van der Waals surface area (Å²) in [4.78, 5) is 53.9. The van der Waals surface area contributed by atoms with Gasteiger partial charge in [0.1, 0.15) is 35.5 Å². The number of β-lactam (4-membered cyclic amide) rings is 1. The number of ether oxygens (including phenoxy) is 1. The molecule has 2 aliphatic rings. The smallest absolute Gasteiger partial charge is 0.356 e. The number of nitrogens with one attached hydrogen (secondary N) is 2. The molecule has 10 nitrogen and oxygen atoms in total. The predicted octanol–water partition coefficient (Wildman–Crippen LogP) is 8.68. The molecule has 1 fully saturated rings. The van der Waals surface area contributed by atoms with Gasteiger partial charge in [0.05, 0.1) is 0 Å². The Bertz CT molecular complexity index is 2440. The van der Waals surface area contributed by atoms with Crippen molar-refractivity contribution in [2.75, 3.05) is 24.1 Å². The van der Waals surface area contributed by atoms with Gasteiger partial charge in [0.25, 0.3) is 11.8 Å². The van der Waals surface area contributed by atoms with Crippen molar-refractivity contribution in [3.05, 3.63) is 214 Å². The number of halogens is 1. The fourth-order valence-electron chi connectivity index (χ4n) is 7.58. The highest BCUT2D eigenvalue weighted by molar-refractivity contribution is 8.00. The third-order valence-corrected chi connectivity index (χ3v) is 12.6. The molecule has 8 rings (SSSR count). The van der Waals surface area contributed by atoms with Gasteiger partial charge in [-0.2, -0.15) is 0 Å². The van der Waals surface area contributed by atoms with E-state index < -0.39 is 40.8 Å². The summed E-state index contributed by atoms with van der Waals surface area (Å²) in [6.07, 6.45) is 2.73. The number of fused-ring (bicyclic) bond motifs is 1. The Labute approximate surface area is 367 Å². The summed E-state index contributed by atoms with van der Waals surface area (Å²) in [6, 6.07) is 48.2. The van der Waals surface area contributed by atoms with Gasteiger partial charge in [-0.25, -0.2) is 9.78 Å². The summed E-state index contributed by atoms with van der Waals surface area (Å²) in [5.41, 5.74) is 4.49. The molecule has 2 aliphatic heterocycles. The van der Waals surface area contributed by atoms with Gasteiger partial charge in [0.15, 0.2) is 16.9 Å². The van der Waals surface area contributed by atoms with E-state index in [1.54, 1.807) is 17.5 Å². The zero-order valence-corrected chi connectivity index (χ0v) is 35.3. The maximum atomic E-state index is 14.3. The molecule has 61 heavy (non-hydrogen) atoms. The maximum absolute atomic E-state index is 14.3. The largest absolute Gasteiger partial charge is 0.448 e. The van der Waals surface area contributed by atoms with Gasteiger partial charge >= 0.3 is 5.97 Å². The minimum Gasteiger partial charge on any atom is -0.448 e. The lowest BCUT2D eigenvalue weighted by Crippen LogP contribution is -2.71. The fourth-order valence-corrected chi connectivity index (χ4v) is 9.74. The van der Waals surface area contributed by atoms with Gasteiger partial charge in [-0.15, -0.1) is 34.7 Å². The first-order chi connectivity index (χ1) is 29.9. The van der Waals surface area contributed by atoms with Crippen molar-refractivity contribution < 1.29 is 24.0 Å². The number of rotatable bonds is 15. The monoisotopic (exact) mass is 865 g/mol. The summed E-state index contributed by atoms with van der Waals surface area (Å²) in [5, 5.41) is 12.3. The molecule has 2 atom stereocenters. The lowest BCUT2D eigenvalue weighted by Gasteiger charge is -2.49. The van der Waals surface area contributed by atoms with E-state index in [0.717, 1.165) is 27.8 Å². The van der Waals surface area contributed by atoms with E-state index in [1.165, 1.54) is 35.1 Å². The highest BCUT2D eigenvalue weighted by Gasteiger charge is 2.55. The first-order valence-electron chi connectivity index (χ1n) is 19.5. The third-order valence-electron chi connectivity index (χ3n) is 10.4. The van der Waals surface area contributed by atoms with Gasteiger partial charge in [-0.1, -0.05) is 169 Å². The number of anilines is 1. The van der Waals surface area contributed by atoms with Gasteiger partial charge < -0.3 is 20.2 Å². The van der Waals surface area contributed by atoms with E-state index in [9.17, 15) is 14.4 Å². The number of nitrogens with zero attached hydrogens (tertiary/aromatic N) is 3. The van der Waals surface area contributed by atoms with Crippen molar-refractivity contribution in [3.63, 3.8) is 0 Å². The van der Waals surface area contributed by atoms with Crippen LogP contribution in [0.4, 0.5) is 5.13 Å². The van der Waals surface area contributed by atoms with Crippen LogP contribution < -0.4 is 10.6 Å². The second kappa shape index (κ2) is 18.8. The number of thioether (sulfide) groups is 1. The minimum absolute atomic E-state index is 0.109. The number of hydrogen-bond donors (Lipinski definition) is 2. The number of carbonyl (C=O) groups excluding carboxylic acids is 3. The molecule has 0 bridgehead atoms. The van der Waals surface area contributed by atoms with Gasteiger partial charge in [0, 0.05) is 17.0 Å². The number of oxime groups is 1. The van der Waals surface area contributed by atoms with Gasteiger partial charge in [-0.3, -0.25) is 14.5 Å². The lowest BCUT2D eigenvalue weighted by atomic mass is 9.77. The number of allylic oxidation sites excluding steroid dienone is 2. The van der Waals surface area contributed by atoms with Crippen LogP contribution in [0.1, 0.15) is 39.6 Å². The second-order valence-corrected chi connectivity index (χ2v) is 16.3. The van der Waals surface area contributed by atoms with Crippen molar-refractivity contribution in [3.8, 4) is 0 Å². The molecule has 2 amide bonds. The highest BCUT2D eigenvalue weighted by atomic mass is 35.5.